The van der Waals surface area contributed by atoms with Gasteiger partial charge >= 0.3 is 0 Å². The summed E-state index contributed by atoms with van der Waals surface area (Å²) in [7, 11) is 0. The van der Waals surface area contributed by atoms with Crippen LogP contribution in [0.5, 0.6) is 0 Å². The summed E-state index contributed by atoms with van der Waals surface area (Å²) < 4.78 is 0. The fourth-order valence-corrected chi connectivity index (χ4v) is 3.64. The lowest BCUT2D eigenvalue weighted by Crippen LogP contribution is -2.01. The Bertz CT molecular complexity index is 988. The third kappa shape index (κ3) is 2.96. The molecular weight excluding hydrogens is 433 g/mol. The van der Waals surface area contributed by atoms with Crippen LogP contribution in [0.1, 0.15) is 15.9 Å². The van der Waals surface area contributed by atoms with Gasteiger partial charge in [0.15, 0.2) is 0 Å². The van der Waals surface area contributed by atoms with Crippen LogP contribution >= 0.6 is 58.0 Å². The zero-order valence-corrected chi connectivity index (χ0v) is 15.7. The first-order chi connectivity index (χ1) is 11.7. The standard InChI is InChI=1S/C15H5Cl5N2O3/c16-9-7-8(10(17)12(19)11(9)18)15(23)13(20)14(7)21-5-2-1-3-6(4-5)22(24)25/h1-4,21H. The van der Waals surface area contributed by atoms with Crippen LogP contribution in [-0.4, -0.2) is 10.7 Å². The summed E-state index contributed by atoms with van der Waals surface area (Å²) in [5.74, 6) is -0.574. The van der Waals surface area contributed by atoms with Gasteiger partial charge in [-0.1, -0.05) is 64.1 Å². The van der Waals surface area contributed by atoms with Crippen molar-refractivity contribution in [1.29, 1.82) is 0 Å². The normalized spacial score (nSPS) is 13.2. The molecule has 128 valence electrons. The number of halogens is 5. The molecule has 0 bridgehead atoms. The topological polar surface area (TPSA) is 72.2 Å². The van der Waals surface area contributed by atoms with Gasteiger partial charge < -0.3 is 5.32 Å². The van der Waals surface area contributed by atoms with E-state index in [4.69, 9.17) is 58.0 Å². The van der Waals surface area contributed by atoms with Gasteiger partial charge in [0.25, 0.3) is 5.69 Å². The summed E-state index contributed by atoms with van der Waals surface area (Å²) in [6.07, 6.45) is 0. The zero-order valence-electron chi connectivity index (χ0n) is 11.9. The second kappa shape index (κ2) is 6.67. The molecule has 1 aliphatic rings. The largest absolute Gasteiger partial charge is 0.353 e. The molecule has 0 radical (unpaired) electrons. The van der Waals surface area contributed by atoms with Crippen LogP contribution in [0.15, 0.2) is 29.3 Å². The molecule has 0 saturated heterocycles. The molecule has 10 heteroatoms. The quantitative estimate of drug-likeness (QED) is 0.260. The van der Waals surface area contributed by atoms with E-state index in [-0.39, 0.29) is 47.6 Å². The number of rotatable bonds is 3. The van der Waals surface area contributed by atoms with E-state index >= 15 is 0 Å². The maximum Gasteiger partial charge on any atom is 0.271 e. The van der Waals surface area contributed by atoms with Crippen LogP contribution in [0, 0.1) is 10.1 Å². The number of carbonyl (C=O) groups is 1. The number of non-ortho nitro benzene ring substituents is 1. The number of benzene rings is 2. The van der Waals surface area contributed by atoms with E-state index in [0.717, 1.165) is 0 Å². The Labute approximate surface area is 166 Å². The van der Waals surface area contributed by atoms with Gasteiger partial charge in [-0.2, -0.15) is 0 Å². The van der Waals surface area contributed by atoms with E-state index in [1.165, 1.54) is 18.2 Å². The monoisotopic (exact) mass is 436 g/mol. The molecule has 0 saturated carbocycles. The van der Waals surface area contributed by atoms with Gasteiger partial charge in [-0.25, -0.2) is 0 Å². The summed E-state index contributed by atoms with van der Waals surface area (Å²) >= 11 is 30.5. The van der Waals surface area contributed by atoms with Crippen LogP contribution in [0.25, 0.3) is 5.70 Å². The van der Waals surface area contributed by atoms with Gasteiger partial charge in [-0.3, -0.25) is 14.9 Å². The summed E-state index contributed by atoms with van der Waals surface area (Å²) in [6.45, 7) is 0. The Morgan fingerprint density at radius 3 is 2.12 bits per heavy atom. The Balaban J connectivity index is 2.16. The van der Waals surface area contributed by atoms with Gasteiger partial charge in [-0.05, 0) is 6.07 Å². The average Bonchev–Trinajstić information content (AvgIpc) is 2.83. The van der Waals surface area contributed by atoms with Crippen molar-refractivity contribution >= 4 is 80.9 Å². The van der Waals surface area contributed by atoms with Crippen molar-refractivity contribution in [1.82, 2.24) is 0 Å². The Kier molecular flexibility index (Phi) is 4.88. The first-order valence-electron chi connectivity index (χ1n) is 6.56. The maximum absolute atomic E-state index is 12.4. The van der Waals surface area contributed by atoms with Gasteiger partial charge in [0.2, 0.25) is 5.78 Å². The van der Waals surface area contributed by atoms with E-state index in [0.29, 0.717) is 5.69 Å². The van der Waals surface area contributed by atoms with Gasteiger partial charge in [-0.15, -0.1) is 0 Å². The number of fused-ring (bicyclic) bond motifs is 1. The first-order valence-corrected chi connectivity index (χ1v) is 8.45. The van der Waals surface area contributed by atoms with Crippen molar-refractivity contribution in [3.63, 3.8) is 0 Å². The number of ketones is 1. The molecule has 0 aliphatic heterocycles. The van der Waals surface area contributed by atoms with Gasteiger partial charge in [0.1, 0.15) is 5.03 Å². The summed E-state index contributed by atoms with van der Waals surface area (Å²) in [5.41, 5.74) is 0.569. The number of nitrogens with zero attached hydrogens (tertiary/aromatic N) is 1. The number of nitro groups is 1. The molecule has 5 nitrogen and oxygen atoms in total. The lowest BCUT2D eigenvalue weighted by molar-refractivity contribution is -0.384. The van der Waals surface area contributed by atoms with Crippen molar-refractivity contribution in [2.45, 2.75) is 0 Å². The lowest BCUT2D eigenvalue weighted by atomic mass is 10.1. The highest BCUT2D eigenvalue weighted by atomic mass is 35.5. The minimum atomic E-state index is -0.574. The second-order valence-electron chi connectivity index (χ2n) is 4.96. The smallest absolute Gasteiger partial charge is 0.271 e. The van der Waals surface area contributed by atoms with Gasteiger partial charge in [0, 0.05) is 23.4 Å². The Morgan fingerprint density at radius 2 is 1.52 bits per heavy atom. The maximum atomic E-state index is 12.4. The highest BCUT2D eigenvalue weighted by molar-refractivity contribution is 6.58. The molecular formula is C15H5Cl5N2O3. The van der Waals surface area contributed by atoms with Crippen LogP contribution in [-0.2, 0) is 0 Å². The van der Waals surface area contributed by atoms with Crippen molar-refractivity contribution in [3.05, 3.63) is 70.6 Å². The SMILES string of the molecule is O=C1C(Cl)=C(Nc2cccc([N+](=O)[O-])c2)c2c(Cl)c(Cl)c(Cl)c(Cl)c21. The fraction of sp³-hybridized carbons (Fsp3) is 0. The van der Waals surface area contributed by atoms with Crippen LogP contribution in [0.4, 0.5) is 11.4 Å². The third-order valence-electron chi connectivity index (χ3n) is 3.49. The highest BCUT2D eigenvalue weighted by Crippen LogP contribution is 2.49. The van der Waals surface area contributed by atoms with E-state index < -0.39 is 10.7 Å². The Morgan fingerprint density at radius 1 is 0.920 bits per heavy atom. The molecule has 25 heavy (non-hydrogen) atoms. The predicted octanol–water partition coefficient (Wildman–Crippen LogP) is 6.42. The highest BCUT2D eigenvalue weighted by Gasteiger charge is 2.36. The third-order valence-corrected chi connectivity index (χ3v) is 5.65. The van der Waals surface area contributed by atoms with E-state index in [2.05, 4.69) is 5.32 Å². The molecule has 0 aromatic heterocycles. The molecule has 1 N–H and O–H groups in total. The summed E-state index contributed by atoms with van der Waals surface area (Å²) in [6, 6.07) is 5.66. The van der Waals surface area contributed by atoms with Crippen molar-refractivity contribution < 1.29 is 9.72 Å². The number of anilines is 1. The predicted molar refractivity (Wildman–Crippen MR) is 100 cm³/mol. The minimum absolute atomic E-state index is 0.00278. The number of hydrogen-bond donors (Lipinski definition) is 1. The molecule has 3 rings (SSSR count). The molecule has 2 aromatic rings. The van der Waals surface area contributed by atoms with Gasteiger partial charge in [0.05, 0.1) is 36.3 Å². The second-order valence-corrected chi connectivity index (χ2v) is 6.85. The average molecular weight is 438 g/mol. The number of nitrogens with one attached hydrogen (secondary N) is 1. The Hall–Kier alpha value is -1.50. The number of nitro benzene ring substituents is 1. The lowest BCUT2D eigenvalue weighted by Gasteiger charge is -2.13. The number of carbonyl (C=O) groups excluding carboxylic acids is 1. The molecule has 0 fully saturated rings. The van der Waals surface area contributed by atoms with Crippen molar-refractivity contribution in [2.75, 3.05) is 5.32 Å². The van der Waals surface area contributed by atoms with Crippen LogP contribution in [0.2, 0.25) is 20.1 Å². The number of allylic oxidation sites excluding steroid dienone is 1. The minimum Gasteiger partial charge on any atom is -0.353 e. The zero-order chi connectivity index (χ0) is 18.5. The van der Waals surface area contributed by atoms with E-state index in [1.807, 2.05) is 0 Å². The van der Waals surface area contributed by atoms with E-state index in [1.54, 1.807) is 6.07 Å². The molecule has 0 heterocycles. The van der Waals surface area contributed by atoms with Crippen molar-refractivity contribution in [3.8, 4) is 0 Å². The van der Waals surface area contributed by atoms with Crippen LogP contribution < -0.4 is 5.32 Å². The fourth-order valence-electron chi connectivity index (χ4n) is 2.37. The molecule has 2 aromatic carbocycles. The number of Topliss-reactive ketones (excluding diaryl/α,β-unsaturated/α-hetero) is 1. The molecule has 0 spiro atoms. The summed E-state index contributed by atoms with van der Waals surface area (Å²) in [4.78, 5) is 22.8. The van der Waals surface area contributed by atoms with Crippen molar-refractivity contribution in [2.24, 2.45) is 0 Å². The molecule has 0 unspecified atom stereocenters. The molecule has 0 amide bonds. The number of hydrogen-bond acceptors (Lipinski definition) is 4. The van der Waals surface area contributed by atoms with Crippen LogP contribution in [0.3, 0.4) is 0 Å². The van der Waals surface area contributed by atoms with E-state index in [9.17, 15) is 14.9 Å². The first kappa shape index (κ1) is 18.3. The summed E-state index contributed by atoms with van der Waals surface area (Å²) in [5, 5.41) is 13.4. The molecule has 1 aliphatic carbocycles. The molecule has 0 atom stereocenters.